The van der Waals surface area contributed by atoms with E-state index in [1.54, 1.807) is 11.7 Å². The first-order valence-electron chi connectivity index (χ1n) is 11.0. The highest BCUT2D eigenvalue weighted by Gasteiger charge is 2.13. The van der Waals surface area contributed by atoms with Crippen molar-refractivity contribution in [2.24, 2.45) is 0 Å². The average Bonchev–Trinajstić information content (AvgIpc) is 2.81. The van der Waals surface area contributed by atoms with Crippen molar-refractivity contribution in [1.29, 1.82) is 0 Å². The molecule has 3 aromatic carbocycles. The zero-order valence-corrected chi connectivity index (χ0v) is 20.7. The van der Waals surface area contributed by atoms with Crippen LogP contribution in [-0.2, 0) is 6.54 Å². The van der Waals surface area contributed by atoms with E-state index in [0.29, 0.717) is 29.9 Å². The number of aryl methyl sites for hydroxylation is 2. The Morgan fingerprint density at radius 1 is 0.970 bits per heavy atom. The molecule has 1 heterocycles. The van der Waals surface area contributed by atoms with E-state index < -0.39 is 0 Å². The van der Waals surface area contributed by atoms with Gasteiger partial charge in [0.2, 0.25) is 0 Å². The Hall–Kier alpha value is -3.12. The first-order chi connectivity index (χ1) is 16.0. The third-order valence-corrected chi connectivity index (χ3v) is 6.12. The van der Waals surface area contributed by atoms with Gasteiger partial charge in [-0.15, -0.1) is 0 Å². The lowest BCUT2D eigenvalue weighted by atomic mass is 10.1. The number of aromatic nitrogens is 2. The van der Waals surface area contributed by atoms with Crippen molar-refractivity contribution in [3.63, 3.8) is 0 Å². The molecule has 0 N–H and O–H groups in total. The molecule has 4 aromatic rings. The van der Waals surface area contributed by atoms with Crippen LogP contribution in [0.2, 0.25) is 0 Å². The highest BCUT2D eigenvalue weighted by molar-refractivity contribution is 9.10. The monoisotopic (exact) mass is 506 g/mol. The van der Waals surface area contributed by atoms with Crippen molar-refractivity contribution < 1.29 is 9.47 Å². The second kappa shape index (κ2) is 10.2. The maximum atomic E-state index is 13.3. The minimum Gasteiger partial charge on any atom is -0.497 e. The van der Waals surface area contributed by atoms with Gasteiger partial charge in [0.1, 0.15) is 17.3 Å². The summed E-state index contributed by atoms with van der Waals surface area (Å²) in [6.45, 7) is 5.26. The van der Waals surface area contributed by atoms with Gasteiger partial charge in [0, 0.05) is 16.6 Å². The molecule has 0 fully saturated rings. The third-order valence-electron chi connectivity index (χ3n) is 5.66. The zero-order valence-electron chi connectivity index (χ0n) is 19.1. The molecule has 0 bridgehead atoms. The number of rotatable bonds is 8. The van der Waals surface area contributed by atoms with E-state index >= 15 is 0 Å². The molecule has 0 atom stereocenters. The normalized spacial score (nSPS) is 11.0. The van der Waals surface area contributed by atoms with Crippen LogP contribution in [0.4, 0.5) is 0 Å². The van der Waals surface area contributed by atoms with E-state index in [-0.39, 0.29) is 5.56 Å². The minimum atomic E-state index is -0.0214. The van der Waals surface area contributed by atoms with Crippen LogP contribution in [0.3, 0.4) is 0 Å². The fraction of sp³-hybridized carbons (Fsp3) is 0.259. The summed E-state index contributed by atoms with van der Waals surface area (Å²) in [7, 11) is 1.64. The maximum Gasteiger partial charge on any atom is 0.261 e. The van der Waals surface area contributed by atoms with Crippen LogP contribution in [-0.4, -0.2) is 23.3 Å². The van der Waals surface area contributed by atoms with Crippen molar-refractivity contribution in [2.45, 2.75) is 33.2 Å². The number of benzene rings is 3. The number of fused-ring (bicyclic) bond motifs is 1. The fourth-order valence-electron chi connectivity index (χ4n) is 4.01. The number of unbranched alkanes of at least 4 members (excludes halogenated alkanes) is 1. The summed E-state index contributed by atoms with van der Waals surface area (Å²) in [6, 6.07) is 19.3. The highest BCUT2D eigenvalue weighted by Crippen LogP contribution is 2.27. The summed E-state index contributed by atoms with van der Waals surface area (Å²) in [4.78, 5) is 18.1. The van der Waals surface area contributed by atoms with Crippen molar-refractivity contribution in [1.82, 2.24) is 9.55 Å². The largest absolute Gasteiger partial charge is 0.497 e. The number of para-hydroxylation sites is 1. The Kier molecular flexibility index (Phi) is 7.14. The Balaban J connectivity index is 1.54. The van der Waals surface area contributed by atoms with Crippen LogP contribution < -0.4 is 15.0 Å². The van der Waals surface area contributed by atoms with E-state index in [1.165, 1.54) is 0 Å². The van der Waals surface area contributed by atoms with Gasteiger partial charge in [-0.3, -0.25) is 9.36 Å². The molecule has 170 valence electrons. The summed E-state index contributed by atoms with van der Waals surface area (Å²) in [5.74, 6) is 2.37. The van der Waals surface area contributed by atoms with Gasteiger partial charge in [-0.25, -0.2) is 4.98 Å². The first-order valence-corrected chi connectivity index (χ1v) is 11.8. The standard InChI is InChI=1S/C27H27BrN2O3/c1-18-16-21(28)17-19(2)25(18)33-15-7-6-14-30-26(20-10-12-22(32-3)13-11-20)29-24-9-5-4-8-23(24)27(30)31/h4-5,8-13,16-17H,6-7,14-15H2,1-3H3. The van der Waals surface area contributed by atoms with Crippen molar-refractivity contribution in [2.75, 3.05) is 13.7 Å². The summed E-state index contributed by atoms with van der Waals surface area (Å²) >= 11 is 3.52. The van der Waals surface area contributed by atoms with Crippen molar-refractivity contribution in [3.05, 3.63) is 86.6 Å². The lowest BCUT2D eigenvalue weighted by Gasteiger charge is -2.15. The molecule has 6 heteroatoms. The molecule has 0 aliphatic carbocycles. The highest BCUT2D eigenvalue weighted by atomic mass is 79.9. The van der Waals surface area contributed by atoms with Gasteiger partial charge in [0.25, 0.3) is 5.56 Å². The van der Waals surface area contributed by atoms with Gasteiger partial charge in [-0.2, -0.15) is 0 Å². The molecular formula is C27H27BrN2O3. The van der Waals surface area contributed by atoms with Gasteiger partial charge in [-0.05, 0) is 86.3 Å². The average molecular weight is 507 g/mol. The molecule has 0 spiro atoms. The van der Waals surface area contributed by atoms with Gasteiger partial charge in [-0.1, -0.05) is 28.1 Å². The second-order valence-electron chi connectivity index (χ2n) is 8.06. The molecule has 4 rings (SSSR count). The quantitative estimate of drug-likeness (QED) is 0.262. The molecule has 5 nitrogen and oxygen atoms in total. The summed E-state index contributed by atoms with van der Waals surface area (Å²) in [5, 5.41) is 0.632. The van der Waals surface area contributed by atoms with Crippen LogP contribution in [0.15, 0.2) is 69.9 Å². The molecule has 1 aromatic heterocycles. The number of nitrogens with zero attached hydrogens (tertiary/aromatic N) is 2. The van der Waals surface area contributed by atoms with Crippen LogP contribution in [0, 0.1) is 13.8 Å². The van der Waals surface area contributed by atoms with Crippen molar-refractivity contribution >= 4 is 26.8 Å². The molecule has 0 aliphatic heterocycles. The van der Waals surface area contributed by atoms with Gasteiger partial charge in [0.15, 0.2) is 0 Å². The first kappa shape index (κ1) is 23.1. The van der Waals surface area contributed by atoms with E-state index in [0.717, 1.165) is 45.5 Å². The van der Waals surface area contributed by atoms with E-state index in [1.807, 2.05) is 48.5 Å². The topological polar surface area (TPSA) is 53.3 Å². The summed E-state index contributed by atoms with van der Waals surface area (Å²) < 4.78 is 14.2. The molecule has 0 amide bonds. The molecule has 0 aliphatic rings. The Labute approximate surface area is 202 Å². The van der Waals surface area contributed by atoms with Crippen LogP contribution in [0.25, 0.3) is 22.3 Å². The fourth-order valence-corrected chi connectivity index (χ4v) is 4.69. The molecule has 33 heavy (non-hydrogen) atoms. The maximum absolute atomic E-state index is 13.3. The minimum absolute atomic E-state index is 0.0214. The van der Waals surface area contributed by atoms with Crippen molar-refractivity contribution in [3.8, 4) is 22.9 Å². The predicted molar refractivity (Wildman–Crippen MR) is 136 cm³/mol. The molecule has 0 saturated heterocycles. The van der Waals surface area contributed by atoms with E-state index in [9.17, 15) is 4.79 Å². The number of halogens is 1. The van der Waals surface area contributed by atoms with Gasteiger partial charge >= 0.3 is 0 Å². The van der Waals surface area contributed by atoms with Gasteiger partial charge in [0.05, 0.1) is 24.6 Å². The van der Waals surface area contributed by atoms with Crippen LogP contribution in [0.5, 0.6) is 11.5 Å². The second-order valence-corrected chi connectivity index (χ2v) is 8.98. The zero-order chi connectivity index (χ0) is 23.4. The van der Waals surface area contributed by atoms with Crippen LogP contribution in [0.1, 0.15) is 24.0 Å². The molecule has 0 saturated carbocycles. The Morgan fingerprint density at radius 3 is 2.36 bits per heavy atom. The molecule has 0 unspecified atom stereocenters. The smallest absolute Gasteiger partial charge is 0.261 e. The van der Waals surface area contributed by atoms with Gasteiger partial charge < -0.3 is 9.47 Å². The predicted octanol–water partition coefficient (Wildman–Crippen LogP) is 6.31. The number of methoxy groups -OCH3 is 1. The van der Waals surface area contributed by atoms with Crippen LogP contribution >= 0.6 is 15.9 Å². The Bertz CT molecular complexity index is 1310. The number of ether oxygens (including phenoxy) is 2. The number of hydrogen-bond donors (Lipinski definition) is 0. The number of hydrogen-bond acceptors (Lipinski definition) is 4. The lowest BCUT2D eigenvalue weighted by Crippen LogP contribution is -2.24. The summed E-state index contributed by atoms with van der Waals surface area (Å²) in [6.07, 6.45) is 1.63. The lowest BCUT2D eigenvalue weighted by molar-refractivity contribution is 0.299. The third kappa shape index (κ3) is 5.11. The molecule has 0 radical (unpaired) electrons. The summed E-state index contributed by atoms with van der Waals surface area (Å²) in [5.41, 5.74) is 3.79. The molecular weight excluding hydrogens is 480 g/mol. The Morgan fingerprint density at radius 2 is 1.67 bits per heavy atom. The van der Waals surface area contributed by atoms with E-state index in [2.05, 4.69) is 41.9 Å². The SMILES string of the molecule is COc1ccc(-c2nc3ccccc3c(=O)n2CCCCOc2c(C)cc(Br)cc2C)cc1. The van der Waals surface area contributed by atoms with E-state index in [4.69, 9.17) is 14.5 Å².